The molecule has 0 radical (unpaired) electrons. The van der Waals surface area contributed by atoms with E-state index in [1.54, 1.807) is 0 Å². The molecule has 1 aromatic carbocycles. The highest BCUT2D eigenvalue weighted by molar-refractivity contribution is 6.04. The molecular formula is C27H32F2N4O4. The van der Waals surface area contributed by atoms with Crippen molar-refractivity contribution in [2.75, 3.05) is 12.0 Å². The number of H-pyrrole nitrogens is 1. The van der Waals surface area contributed by atoms with Crippen LogP contribution in [0.4, 0.5) is 19.4 Å². The number of benzene rings is 1. The Kier molecular flexibility index (Phi) is 8.92. The highest BCUT2D eigenvalue weighted by Crippen LogP contribution is 2.44. The minimum Gasteiger partial charge on any atom is -0.493 e. The molecule has 2 saturated carbocycles. The summed E-state index contributed by atoms with van der Waals surface area (Å²) in [4.78, 5) is 34.8. The highest BCUT2D eigenvalue weighted by Gasteiger charge is 2.47. The number of hydrogen-bond donors (Lipinski definition) is 1. The van der Waals surface area contributed by atoms with Crippen molar-refractivity contribution in [3.05, 3.63) is 41.9 Å². The van der Waals surface area contributed by atoms with Crippen molar-refractivity contribution in [1.82, 2.24) is 14.9 Å². The molecule has 2 aliphatic carbocycles. The van der Waals surface area contributed by atoms with E-state index in [2.05, 4.69) is 33.1 Å². The van der Waals surface area contributed by atoms with E-state index in [-0.39, 0.29) is 17.5 Å². The minimum absolute atomic E-state index is 0.0286. The third kappa shape index (κ3) is 6.28. The van der Waals surface area contributed by atoms with Gasteiger partial charge in [-0.25, -0.2) is 18.6 Å². The second kappa shape index (κ2) is 11.9. The van der Waals surface area contributed by atoms with E-state index in [1.165, 1.54) is 7.11 Å². The number of fused-ring (bicyclic) bond motifs is 1. The molecule has 0 bridgehead atoms. The first-order valence-corrected chi connectivity index (χ1v) is 12.4. The summed E-state index contributed by atoms with van der Waals surface area (Å²) in [6.45, 7) is 11.3. The zero-order valence-corrected chi connectivity index (χ0v) is 21.8. The van der Waals surface area contributed by atoms with Gasteiger partial charge in [0.25, 0.3) is 0 Å². The average molecular weight is 515 g/mol. The fraction of sp³-hybridized carbons (Fsp3) is 0.444. The Morgan fingerprint density at radius 3 is 2.22 bits per heavy atom. The number of carbonyl (C=O) groups excluding carboxylic acids is 2. The Morgan fingerprint density at radius 1 is 1.14 bits per heavy atom. The maximum absolute atomic E-state index is 12.8. The van der Waals surface area contributed by atoms with Gasteiger partial charge in [-0.05, 0) is 31.6 Å². The quantitative estimate of drug-likeness (QED) is 0.324. The zero-order chi connectivity index (χ0) is 27.3. The minimum atomic E-state index is -1.10. The number of carbonyl (C=O) groups is 2. The molecule has 0 saturated heterocycles. The number of esters is 1. The number of amides is 2. The number of ether oxygens (including phenoxy) is 2. The number of nitrogens with zero attached hydrogens (tertiary/aromatic N) is 3. The maximum Gasteiger partial charge on any atom is 0.330 e. The lowest BCUT2D eigenvalue weighted by molar-refractivity contribution is -0.132. The maximum atomic E-state index is 12.8. The standard InChI is InChI=1S/C16H18N4O.C9H8F2O3.C2H6/c1-3-4-5-13-17-14-10(2)19(11-6-7-11)16(21)20(12-8-9-12)15(14)18-13;1-5(12)14-9-4-7(11)6(10)3-8(9)13-2;1-2/h11-12H,2-3,6-9H2,1H3,(H,17,18);3-4H,1-2H3;1-2H3. The lowest BCUT2D eigenvalue weighted by Gasteiger charge is -2.35. The summed E-state index contributed by atoms with van der Waals surface area (Å²) in [5.74, 6) is 4.41. The van der Waals surface area contributed by atoms with Gasteiger partial charge in [0.1, 0.15) is 5.69 Å². The number of nitrogens with one attached hydrogen (secondary N) is 1. The summed E-state index contributed by atoms with van der Waals surface area (Å²) >= 11 is 0. The van der Waals surface area contributed by atoms with Crippen LogP contribution in [0.3, 0.4) is 0 Å². The molecule has 2 heterocycles. The van der Waals surface area contributed by atoms with Gasteiger partial charge in [0.15, 0.2) is 34.8 Å². The van der Waals surface area contributed by atoms with Gasteiger partial charge in [0.05, 0.1) is 12.8 Å². The first-order chi connectivity index (χ1) is 17.7. The van der Waals surface area contributed by atoms with Crippen LogP contribution in [0.5, 0.6) is 11.5 Å². The Bertz CT molecular complexity index is 1240. The molecule has 10 heteroatoms. The van der Waals surface area contributed by atoms with Gasteiger partial charge >= 0.3 is 12.0 Å². The number of hydrogen-bond acceptors (Lipinski definition) is 5. The van der Waals surface area contributed by atoms with Gasteiger partial charge in [-0.15, -0.1) is 0 Å². The van der Waals surface area contributed by atoms with Crippen molar-refractivity contribution >= 4 is 23.5 Å². The van der Waals surface area contributed by atoms with Gasteiger partial charge in [-0.2, -0.15) is 0 Å². The van der Waals surface area contributed by atoms with Crippen molar-refractivity contribution in [1.29, 1.82) is 0 Å². The van der Waals surface area contributed by atoms with E-state index in [0.29, 0.717) is 23.7 Å². The van der Waals surface area contributed by atoms with E-state index in [4.69, 9.17) is 4.74 Å². The summed E-state index contributed by atoms with van der Waals surface area (Å²) in [6.07, 6.45) is 5.02. The molecule has 37 heavy (non-hydrogen) atoms. The topological polar surface area (TPSA) is 87.8 Å². The Balaban J connectivity index is 0.000000208. The van der Waals surface area contributed by atoms with Crippen molar-refractivity contribution in [2.24, 2.45) is 0 Å². The molecule has 2 amide bonds. The normalized spacial score (nSPS) is 15.9. The molecule has 5 rings (SSSR count). The number of aromatic amines is 1. The monoisotopic (exact) mass is 514 g/mol. The van der Waals surface area contributed by atoms with Crippen LogP contribution in [-0.2, 0) is 4.79 Å². The Labute approximate surface area is 215 Å². The van der Waals surface area contributed by atoms with Crippen molar-refractivity contribution in [2.45, 2.75) is 71.9 Å². The predicted molar refractivity (Wildman–Crippen MR) is 136 cm³/mol. The van der Waals surface area contributed by atoms with Gasteiger partial charge in [-0.1, -0.05) is 33.3 Å². The van der Waals surface area contributed by atoms with Crippen LogP contribution < -0.4 is 14.4 Å². The second-order valence-corrected chi connectivity index (χ2v) is 8.38. The lowest BCUT2D eigenvalue weighted by atomic mass is 10.2. The molecule has 0 atom stereocenters. The van der Waals surface area contributed by atoms with E-state index >= 15 is 0 Å². The summed E-state index contributed by atoms with van der Waals surface area (Å²) in [7, 11) is 1.26. The van der Waals surface area contributed by atoms with Crippen LogP contribution in [0.15, 0.2) is 18.7 Å². The van der Waals surface area contributed by atoms with Crippen LogP contribution in [-0.4, -0.2) is 46.1 Å². The number of halogens is 2. The van der Waals surface area contributed by atoms with Gasteiger partial charge in [0.2, 0.25) is 0 Å². The fourth-order valence-corrected chi connectivity index (χ4v) is 3.69. The Morgan fingerprint density at radius 2 is 1.70 bits per heavy atom. The predicted octanol–water partition coefficient (Wildman–Crippen LogP) is 5.63. The number of rotatable bonds is 4. The molecule has 0 spiro atoms. The van der Waals surface area contributed by atoms with Gasteiger partial charge in [0, 0.05) is 37.6 Å². The Hall–Kier alpha value is -3.87. The fourth-order valence-electron chi connectivity index (χ4n) is 3.69. The highest BCUT2D eigenvalue weighted by atomic mass is 19.2. The second-order valence-electron chi connectivity index (χ2n) is 8.38. The third-order valence-electron chi connectivity index (χ3n) is 5.57. The number of urea groups is 1. The first-order valence-electron chi connectivity index (χ1n) is 12.4. The van der Waals surface area contributed by atoms with Gasteiger partial charge in [-0.3, -0.25) is 14.6 Å². The summed E-state index contributed by atoms with van der Waals surface area (Å²) in [5.41, 5.74) is 1.60. The summed E-state index contributed by atoms with van der Waals surface area (Å²) in [5, 5.41) is 0. The first kappa shape index (κ1) is 27.7. The number of anilines is 1. The lowest BCUT2D eigenvalue weighted by Crippen LogP contribution is -2.48. The molecule has 1 aliphatic heterocycles. The van der Waals surface area contributed by atoms with Crippen LogP contribution >= 0.6 is 0 Å². The molecule has 2 aromatic rings. The van der Waals surface area contributed by atoms with Crippen molar-refractivity contribution < 1.29 is 27.8 Å². The van der Waals surface area contributed by atoms with E-state index in [0.717, 1.165) is 62.6 Å². The molecule has 2 fully saturated rings. The van der Waals surface area contributed by atoms with Crippen molar-refractivity contribution in [3.63, 3.8) is 0 Å². The SMILES string of the molecule is C=C1c2[nH]c(C#CCC)nc2N(C2CC2)C(=O)N1C1CC1.CC.COc1cc(F)c(F)cc1OC(C)=O. The molecule has 8 nitrogen and oxygen atoms in total. The van der Waals surface area contributed by atoms with Crippen LogP contribution in [0.25, 0.3) is 5.70 Å². The van der Waals surface area contributed by atoms with Crippen LogP contribution in [0, 0.1) is 23.5 Å². The average Bonchev–Trinajstić information content (AvgIpc) is 3.80. The smallest absolute Gasteiger partial charge is 0.330 e. The molecule has 3 aliphatic rings. The third-order valence-corrected chi connectivity index (χ3v) is 5.57. The zero-order valence-electron chi connectivity index (χ0n) is 21.8. The summed E-state index contributed by atoms with van der Waals surface area (Å²) < 4.78 is 34.7. The molecule has 198 valence electrons. The van der Waals surface area contributed by atoms with Crippen LogP contribution in [0.2, 0.25) is 0 Å². The van der Waals surface area contributed by atoms with Gasteiger partial charge < -0.3 is 14.5 Å². The summed E-state index contributed by atoms with van der Waals surface area (Å²) in [6, 6.07) is 2.22. The van der Waals surface area contributed by atoms with E-state index in [9.17, 15) is 18.4 Å². The van der Waals surface area contributed by atoms with Crippen LogP contribution in [0.1, 0.15) is 71.3 Å². The molecule has 1 N–H and O–H groups in total. The number of aromatic nitrogens is 2. The van der Waals surface area contributed by atoms with E-state index in [1.807, 2.05) is 30.6 Å². The largest absolute Gasteiger partial charge is 0.493 e. The van der Waals surface area contributed by atoms with Crippen molar-refractivity contribution in [3.8, 4) is 23.3 Å². The molecule has 1 aromatic heterocycles. The number of imidazole rings is 1. The molecular weight excluding hydrogens is 482 g/mol. The van der Waals surface area contributed by atoms with E-state index < -0.39 is 17.6 Å². The number of methoxy groups -OCH3 is 1. The molecule has 0 unspecified atom stereocenters.